The number of Topliss-reactive ketones (excluding diaryl/α,β-unsaturated/α-hetero) is 1. The number of ketones is 1. The molecule has 12 heteroatoms. The second-order valence-electron chi connectivity index (χ2n) is 11.6. The topological polar surface area (TPSA) is 111 Å². The number of hydrogen-bond donors (Lipinski definition) is 1. The summed E-state index contributed by atoms with van der Waals surface area (Å²) in [7, 11) is 1.51. The molecule has 0 saturated carbocycles. The van der Waals surface area contributed by atoms with Gasteiger partial charge in [-0.3, -0.25) is 14.5 Å². The first-order valence-corrected chi connectivity index (χ1v) is 17.6. The summed E-state index contributed by atoms with van der Waals surface area (Å²) in [6.07, 6.45) is 2.75. The van der Waals surface area contributed by atoms with Crippen LogP contribution >= 0.6 is 23.1 Å². The Kier molecular flexibility index (Phi) is 11.7. The number of hydrogen-bond acceptors (Lipinski definition) is 10. The number of carbonyl (C=O) groups is 2. The lowest BCUT2D eigenvalue weighted by Crippen LogP contribution is -2.29. The third kappa shape index (κ3) is 7.99. The van der Waals surface area contributed by atoms with Gasteiger partial charge < -0.3 is 19.3 Å². The second kappa shape index (κ2) is 16.1. The van der Waals surface area contributed by atoms with E-state index in [1.807, 2.05) is 0 Å². The summed E-state index contributed by atoms with van der Waals surface area (Å²) in [6.45, 7) is 7.34. The Morgan fingerprint density at radius 3 is 2.50 bits per heavy atom. The lowest BCUT2D eigenvalue weighted by molar-refractivity contribution is -0.132. The number of benzene rings is 3. The molecule has 0 aliphatic carbocycles. The average molecular weight is 692 g/mol. The highest BCUT2D eigenvalue weighted by Crippen LogP contribution is 2.45. The summed E-state index contributed by atoms with van der Waals surface area (Å²) >= 11 is 2.37. The van der Waals surface area contributed by atoms with Crippen LogP contribution in [-0.2, 0) is 15.3 Å². The molecule has 1 unspecified atom stereocenters. The number of methoxy groups -OCH3 is 1. The van der Waals surface area contributed by atoms with E-state index in [1.54, 1.807) is 60.7 Å². The molecule has 0 spiro atoms. The van der Waals surface area contributed by atoms with Crippen molar-refractivity contribution in [1.29, 1.82) is 0 Å². The number of aromatic nitrogens is 2. The van der Waals surface area contributed by atoms with Crippen LogP contribution in [0, 0.1) is 11.7 Å². The molecule has 1 aliphatic rings. The SMILES string of the molecule is CCCCOc1ccc(/C(O)=C2/C(=O)C(=O)N(c3nnc(SCc4ccccc4F)s3)C2c2ccc(OCCC(C)C)c(OC)c2)cc1. The number of unbranched alkanes of at least 4 members (excludes halogenated alkanes) is 1. The van der Waals surface area contributed by atoms with Crippen LogP contribution < -0.4 is 19.1 Å². The average Bonchev–Trinajstić information content (AvgIpc) is 3.66. The number of carbonyl (C=O) groups excluding carboxylic acids is 2. The largest absolute Gasteiger partial charge is 0.507 e. The maximum absolute atomic E-state index is 14.2. The number of nitrogens with zero attached hydrogens (tertiary/aromatic N) is 3. The van der Waals surface area contributed by atoms with E-state index in [-0.39, 0.29) is 22.3 Å². The lowest BCUT2D eigenvalue weighted by Gasteiger charge is -2.23. The van der Waals surface area contributed by atoms with Gasteiger partial charge >= 0.3 is 5.91 Å². The highest BCUT2D eigenvalue weighted by atomic mass is 32.2. The molecule has 3 aromatic carbocycles. The number of halogens is 1. The van der Waals surface area contributed by atoms with Crippen LogP contribution in [0.1, 0.15) is 62.8 Å². The van der Waals surface area contributed by atoms with E-state index in [9.17, 15) is 19.1 Å². The number of thioether (sulfide) groups is 1. The van der Waals surface area contributed by atoms with Gasteiger partial charge in [0, 0.05) is 11.3 Å². The molecule has 5 rings (SSSR count). The zero-order chi connectivity index (χ0) is 34.2. The van der Waals surface area contributed by atoms with Crippen LogP contribution in [0.4, 0.5) is 9.52 Å². The first kappa shape index (κ1) is 34.9. The molecule has 0 radical (unpaired) electrons. The summed E-state index contributed by atoms with van der Waals surface area (Å²) in [5.74, 6) is -0.0852. The molecule has 252 valence electrons. The predicted molar refractivity (Wildman–Crippen MR) is 185 cm³/mol. The number of anilines is 1. The lowest BCUT2D eigenvalue weighted by atomic mass is 9.95. The fourth-order valence-corrected chi connectivity index (χ4v) is 6.89. The smallest absolute Gasteiger partial charge is 0.301 e. The van der Waals surface area contributed by atoms with Gasteiger partial charge in [0.05, 0.1) is 31.9 Å². The Balaban J connectivity index is 1.53. The monoisotopic (exact) mass is 691 g/mol. The zero-order valence-electron chi connectivity index (χ0n) is 27.3. The molecule has 1 amide bonds. The van der Waals surface area contributed by atoms with Crippen molar-refractivity contribution in [3.63, 3.8) is 0 Å². The van der Waals surface area contributed by atoms with Crippen molar-refractivity contribution in [3.8, 4) is 17.2 Å². The minimum atomic E-state index is -1.05. The maximum Gasteiger partial charge on any atom is 0.301 e. The van der Waals surface area contributed by atoms with Gasteiger partial charge in [-0.2, -0.15) is 0 Å². The Morgan fingerprint density at radius 2 is 1.79 bits per heavy atom. The molecule has 2 heterocycles. The zero-order valence-corrected chi connectivity index (χ0v) is 28.9. The Bertz CT molecular complexity index is 1780. The quantitative estimate of drug-likeness (QED) is 0.0329. The highest BCUT2D eigenvalue weighted by Gasteiger charge is 2.48. The number of rotatable bonds is 15. The molecule has 4 aromatic rings. The van der Waals surface area contributed by atoms with Crippen LogP contribution in [0.3, 0.4) is 0 Å². The minimum absolute atomic E-state index is 0.106. The normalized spacial score (nSPS) is 15.7. The van der Waals surface area contributed by atoms with Gasteiger partial charge in [0.1, 0.15) is 17.3 Å². The second-order valence-corrected chi connectivity index (χ2v) is 13.7. The molecule has 1 aliphatic heterocycles. The Morgan fingerprint density at radius 1 is 1.02 bits per heavy atom. The van der Waals surface area contributed by atoms with Crippen molar-refractivity contribution >= 4 is 45.7 Å². The van der Waals surface area contributed by atoms with Crippen molar-refractivity contribution in [1.82, 2.24) is 10.2 Å². The van der Waals surface area contributed by atoms with Crippen LogP contribution in [0.2, 0.25) is 0 Å². The van der Waals surface area contributed by atoms with E-state index in [4.69, 9.17) is 14.2 Å². The highest BCUT2D eigenvalue weighted by molar-refractivity contribution is 8.00. The molecule has 48 heavy (non-hydrogen) atoms. The van der Waals surface area contributed by atoms with E-state index in [0.29, 0.717) is 63.2 Å². The number of aliphatic hydroxyl groups excluding tert-OH is 1. The third-order valence-electron chi connectivity index (χ3n) is 7.71. The Labute approximate surface area is 287 Å². The molecular formula is C36H38FN3O6S2. The van der Waals surface area contributed by atoms with E-state index < -0.39 is 17.7 Å². The fourth-order valence-electron chi connectivity index (χ4n) is 5.04. The van der Waals surface area contributed by atoms with Gasteiger partial charge in [-0.25, -0.2) is 4.39 Å². The predicted octanol–water partition coefficient (Wildman–Crippen LogP) is 8.21. The number of aliphatic hydroxyl groups is 1. The summed E-state index contributed by atoms with van der Waals surface area (Å²) in [5.41, 5.74) is 1.24. The van der Waals surface area contributed by atoms with Crippen LogP contribution in [0.5, 0.6) is 17.2 Å². The first-order chi connectivity index (χ1) is 23.2. The molecule has 1 atom stereocenters. The van der Waals surface area contributed by atoms with Gasteiger partial charge in [0.25, 0.3) is 5.78 Å². The third-order valence-corrected chi connectivity index (χ3v) is 9.81. The van der Waals surface area contributed by atoms with Crippen molar-refractivity contribution < 1.29 is 33.3 Å². The number of ether oxygens (including phenoxy) is 3. The van der Waals surface area contributed by atoms with E-state index in [2.05, 4.69) is 31.0 Å². The first-order valence-electron chi connectivity index (χ1n) is 15.8. The van der Waals surface area contributed by atoms with E-state index in [1.165, 1.54) is 29.8 Å². The Hall–Kier alpha value is -4.42. The molecule has 1 N–H and O–H groups in total. The van der Waals surface area contributed by atoms with Gasteiger partial charge in [0.15, 0.2) is 15.8 Å². The van der Waals surface area contributed by atoms with E-state index >= 15 is 0 Å². The van der Waals surface area contributed by atoms with Gasteiger partial charge in [-0.05, 0) is 72.4 Å². The minimum Gasteiger partial charge on any atom is -0.507 e. The molecule has 1 aromatic heterocycles. The van der Waals surface area contributed by atoms with Crippen LogP contribution in [-0.4, -0.2) is 47.3 Å². The standard InChI is InChI=1S/C36H38FN3O6S2/c1-5-6-18-45-26-14-11-23(12-15-26)32(41)30-31(24-13-16-28(29(20-24)44-4)46-19-17-22(2)3)40(34(43)33(30)42)35-38-39-36(48-35)47-21-25-9-7-8-10-27(25)37/h7-16,20,22,31,41H,5-6,17-19,21H2,1-4H3/b32-30-. The summed E-state index contributed by atoms with van der Waals surface area (Å²) in [4.78, 5) is 28.7. The van der Waals surface area contributed by atoms with Crippen molar-refractivity contribution in [2.24, 2.45) is 5.92 Å². The summed E-state index contributed by atoms with van der Waals surface area (Å²) < 4.78 is 32.1. The molecule has 9 nitrogen and oxygen atoms in total. The molecular weight excluding hydrogens is 654 g/mol. The van der Waals surface area contributed by atoms with Crippen molar-refractivity contribution in [2.45, 2.75) is 56.2 Å². The number of amides is 1. The van der Waals surface area contributed by atoms with Crippen molar-refractivity contribution in [2.75, 3.05) is 25.2 Å². The molecule has 1 saturated heterocycles. The molecule has 0 bridgehead atoms. The van der Waals surface area contributed by atoms with Crippen molar-refractivity contribution in [3.05, 3.63) is 94.8 Å². The van der Waals surface area contributed by atoms with Gasteiger partial charge in [0.2, 0.25) is 5.13 Å². The summed E-state index contributed by atoms with van der Waals surface area (Å²) in [5, 5.41) is 20.2. The fraction of sp³-hybridized carbons (Fsp3) is 0.333. The van der Waals surface area contributed by atoms with Gasteiger partial charge in [-0.1, -0.05) is 74.6 Å². The van der Waals surface area contributed by atoms with Crippen LogP contribution in [0.15, 0.2) is 76.6 Å². The maximum atomic E-state index is 14.2. The van der Waals surface area contributed by atoms with E-state index in [0.717, 1.165) is 30.6 Å². The molecule has 1 fully saturated rings. The van der Waals surface area contributed by atoms with Gasteiger partial charge in [-0.15, -0.1) is 10.2 Å². The summed E-state index contributed by atoms with van der Waals surface area (Å²) in [6, 6.07) is 17.3. The van der Waals surface area contributed by atoms with Crippen LogP contribution in [0.25, 0.3) is 5.76 Å².